The molecule has 0 bridgehead atoms. The minimum Gasteiger partial charge on any atom is -0.0885 e. The molecule has 0 N–H and O–H groups in total. The van der Waals surface area contributed by atoms with E-state index in [1.165, 1.54) is 77.0 Å². The first-order valence-corrected chi connectivity index (χ1v) is 7.30. The first kappa shape index (κ1) is 13.5. The van der Waals surface area contributed by atoms with Gasteiger partial charge in [0.15, 0.2) is 0 Å². The van der Waals surface area contributed by atoms with Gasteiger partial charge in [0.25, 0.3) is 0 Å². The van der Waals surface area contributed by atoms with E-state index in [-0.39, 0.29) is 0 Å². The first-order valence-electron chi connectivity index (χ1n) is 7.30. The fourth-order valence-electron chi connectivity index (χ4n) is 2.23. The van der Waals surface area contributed by atoms with Crippen LogP contribution in [-0.2, 0) is 0 Å². The van der Waals surface area contributed by atoms with Gasteiger partial charge in [-0.05, 0) is 44.9 Å². The summed E-state index contributed by atoms with van der Waals surface area (Å²) in [6.07, 6.45) is 26.0. The molecule has 0 aliphatic heterocycles. The molecule has 1 aliphatic carbocycles. The molecule has 0 atom stereocenters. The molecule has 0 aromatic carbocycles. The van der Waals surface area contributed by atoms with Crippen molar-refractivity contribution >= 4 is 0 Å². The summed E-state index contributed by atoms with van der Waals surface area (Å²) in [6, 6.07) is 0. The third kappa shape index (κ3) is 8.76. The van der Waals surface area contributed by atoms with Crippen LogP contribution in [-0.4, -0.2) is 0 Å². The lowest BCUT2D eigenvalue weighted by Gasteiger charge is -2.01. The van der Waals surface area contributed by atoms with Gasteiger partial charge in [-0.1, -0.05) is 56.4 Å². The average molecular weight is 220 g/mol. The van der Waals surface area contributed by atoms with E-state index < -0.39 is 0 Å². The van der Waals surface area contributed by atoms with Gasteiger partial charge in [0.05, 0.1) is 0 Å². The number of hydrogen-bond donors (Lipinski definition) is 0. The summed E-state index contributed by atoms with van der Waals surface area (Å²) >= 11 is 0. The second kappa shape index (κ2) is 11.0. The standard InChI is InChI=1S/C16H28/c1-2-4-6-8-10-12-14-16-15-13-11-9-7-5-3-1/h1-2,9,11H,3-8,10,12-16H2. The molecule has 16 heavy (non-hydrogen) atoms. The lowest BCUT2D eigenvalue weighted by atomic mass is 10.1. The van der Waals surface area contributed by atoms with E-state index in [2.05, 4.69) is 24.3 Å². The quantitative estimate of drug-likeness (QED) is 0.453. The van der Waals surface area contributed by atoms with Gasteiger partial charge in [-0.2, -0.15) is 0 Å². The lowest BCUT2D eigenvalue weighted by Crippen LogP contribution is -1.81. The molecule has 1 aliphatic rings. The van der Waals surface area contributed by atoms with Gasteiger partial charge >= 0.3 is 0 Å². The second-order valence-electron chi connectivity index (χ2n) is 4.93. The molecule has 0 heterocycles. The maximum atomic E-state index is 2.38. The zero-order chi connectivity index (χ0) is 11.3. The third-order valence-electron chi connectivity index (χ3n) is 3.32. The molecule has 1 rings (SSSR count). The van der Waals surface area contributed by atoms with Crippen molar-refractivity contribution in [3.05, 3.63) is 24.3 Å². The van der Waals surface area contributed by atoms with Crippen LogP contribution in [0.15, 0.2) is 24.3 Å². The van der Waals surface area contributed by atoms with E-state index in [0.29, 0.717) is 0 Å². The Balaban J connectivity index is 2.14. The normalized spacial score (nSPS) is 22.0. The zero-order valence-electron chi connectivity index (χ0n) is 10.8. The third-order valence-corrected chi connectivity index (χ3v) is 3.32. The van der Waals surface area contributed by atoms with Crippen molar-refractivity contribution in [2.24, 2.45) is 0 Å². The Kier molecular flexibility index (Phi) is 9.30. The Bertz CT molecular complexity index is 168. The van der Waals surface area contributed by atoms with Crippen LogP contribution in [0, 0.1) is 0 Å². The highest BCUT2D eigenvalue weighted by Crippen LogP contribution is 2.11. The minimum absolute atomic E-state index is 1.27. The molecule has 0 heteroatoms. The van der Waals surface area contributed by atoms with Gasteiger partial charge < -0.3 is 0 Å². The first-order chi connectivity index (χ1) is 8.00. The van der Waals surface area contributed by atoms with Gasteiger partial charge in [-0.3, -0.25) is 0 Å². The van der Waals surface area contributed by atoms with Crippen LogP contribution < -0.4 is 0 Å². The van der Waals surface area contributed by atoms with Crippen molar-refractivity contribution in [1.29, 1.82) is 0 Å². The number of hydrogen-bond acceptors (Lipinski definition) is 0. The van der Waals surface area contributed by atoms with Crippen LogP contribution in [0.3, 0.4) is 0 Å². The summed E-state index contributed by atoms with van der Waals surface area (Å²) in [6.45, 7) is 0. The number of allylic oxidation sites excluding steroid dienone is 4. The zero-order valence-corrected chi connectivity index (χ0v) is 10.8. The summed E-state index contributed by atoms with van der Waals surface area (Å²) in [5, 5.41) is 0. The maximum Gasteiger partial charge on any atom is -0.0348 e. The van der Waals surface area contributed by atoms with Crippen LogP contribution in [0.4, 0.5) is 0 Å². The molecule has 0 aromatic rings. The van der Waals surface area contributed by atoms with Crippen molar-refractivity contribution < 1.29 is 0 Å². The van der Waals surface area contributed by atoms with E-state index >= 15 is 0 Å². The molecule has 92 valence electrons. The van der Waals surface area contributed by atoms with Crippen LogP contribution in [0.25, 0.3) is 0 Å². The largest absolute Gasteiger partial charge is 0.0885 e. The molecule has 0 fully saturated rings. The molecule has 0 nitrogen and oxygen atoms in total. The van der Waals surface area contributed by atoms with Gasteiger partial charge in [-0.15, -0.1) is 0 Å². The highest BCUT2D eigenvalue weighted by molar-refractivity contribution is 4.85. The molecule has 0 spiro atoms. The summed E-state index contributed by atoms with van der Waals surface area (Å²) < 4.78 is 0. The lowest BCUT2D eigenvalue weighted by molar-refractivity contribution is 0.583. The minimum atomic E-state index is 1.27. The van der Waals surface area contributed by atoms with Gasteiger partial charge in [0.1, 0.15) is 0 Å². The molecule has 0 unspecified atom stereocenters. The van der Waals surface area contributed by atoms with E-state index in [0.717, 1.165) is 0 Å². The number of rotatable bonds is 0. The fraction of sp³-hybridized carbons (Fsp3) is 0.750. The Hall–Kier alpha value is -0.520. The summed E-state index contributed by atoms with van der Waals surface area (Å²) in [5.41, 5.74) is 0. The van der Waals surface area contributed by atoms with Crippen molar-refractivity contribution in [3.8, 4) is 0 Å². The predicted octanol–water partition coefficient (Wildman–Crippen LogP) is 5.79. The van der Waals surface area contributed by atoms with Crippen molar-refractivity contribution in [2.75, 3.05) is 0 Å². The van der Waals surface area contributed by atoms with E-state index in [4.69, 9.17) is 0 Å². The Morgan fingerprint density at radius 1 is 0.312 bits per heavy atom. The van der Waals surface area contributed by atoms with Crippen LogP contribution in [0.2, 0.25) is 0 Å². The molecule has 0 radical (unpaired) electrons. The maximum absolute atomic E-state index is 2.38. The van der Waals surface area contributed by atoms with E-state index in [1.807, 2.05) is 0 Å². The second-order valence-corrected chi connectivity index (χ2v) is 4.93. The van der Waals surface area contributed by atoms with Crippen LogP contribution in [0.5, 0.6) is 0 Å². The summed E-state index contributed by atoms with van der Waals surface area (Å²) in [7, 11) is 0. The smallest absolute Gasteiger partial charge is 0.0348 e. The van der Waals surface area contributed by atoms with Gasteiger partial charge in [0, 0.05) is 0 Å². The SMILES string of the molecule is C1=CCCCCCCCCCC=CCCC1. The monoisotopic (exact) mass is 220 g/mol. The van der Waals surface area contributed by atoms with Crippen molar-refractivity contribution in [2.45, 2.75) is 77.0 Å². The molecular formula is C16H28. The molecule has 0 saturated heterocycles. The van der Waals surface area contributed by atoms with Gasteiger partial charge in [0.2, 0.25) is 0 Å². The highest BCUT2D eigenvalue weighted by Gasteiger charge is 1.91. The van der Waals surface area contributed by atoms with Gasteiger partial charge in [-0.25, -0.2) is 0 Å². The van der Waals surface area contributed by atoms with E-state index in [1.54, 1.807) is 0 Å². The van der Waals surface area contributed by atoms with Crippen molar-refractivity contribution in [3.63, 3.8) is 0 Å². The van der Waals surface area contributed by atoms with Crippen molar-refractivity contribution in [1.82, 2.24) is 0 Å². The molecular weight excluding hydrogens is 192 g/mol. The highest BCUT2D eigenvalue weighted by atomic mass is 14.0. The predicted molar refractivity (Wildman–Crippen MR) is 73.7 cm³/mol. The Morgan fingerprint density at radius 3 is 1.06 bits per heavy atom. The summed E-state index contributed by atoms with van der Waals surface area (Å²) in [5.74, 6) is 0. The van der Waals surface area contributed by atoms with Crippen LogP contribution >= 0.6 is 0 Å². The molecule has 0 amide bonds. The fourth-order valence-corrected chi connectivity index (χ4v) is 2.23. The molecule has 0 aromatic heterocycles. The Labute approximate surface area is 102 Å². The topological polar surface area (TPSA) is 0 Å². The average Bonchev–Trinajstić information content (AvgIpc) is 2.29. The summed E-state index contributed by atoms with van der Waals surface area (Å²) in [4.78, 5) is 0. The Morgan fingerprint density at radius 2 is 0.625 bits per heavy atom. The molecule has 0 saturated carbocycles. The van der Waals surface area contributed by atoms with Crippen LogP contribution in [0.1, 0.15) is 77.0 Å². The van der Waals surface area contributed by atoms with E-state index in [9.17, 15) is 0 Å².